The molecule has 31 heavy (non-hydrogen) atoms. The average Bonchev–Trinajstić information content (AvgIpc) is 2.82. The zero-order valence-electron chi connectivity index (χ0n) is 17.3. The molecular formula is C26H23NO4. The fraction of sp³-hybridized carbons (Fsp3) is 0.154. The molecule has 5 heteroatoms. The average molecular weight is 413 g/mol. The second kappa shape index (κ2) is 11.2. The van der Waals surface area contributed by atoms with Gasteiger partial charge >= 0.3 is 5.97 Å². The van der Waals surface area contributed by atoms with Crippen molar-refractivity contribution >= 4 is 12.0 Å². The lowest BCUT2D eigenvalue weighted by molar-refractivity contribution is -0.129. The molecule has 3 aromatic rings. The van der Waals surface area contributed by atoms with Gasteiger partial charge in [0.25, 0.3) is 0 Å². The minimum absolute atomic E-state index is 0.0911. The smallest absolute Gasteiger partial charge is 0.354 e. The van der Waals surface area contributed by atoms with Crippen LogP contribution in [0.3, 0.4) is 0 Å². The highest BCUT2D eigenvalue weighted by Gasteiger charge is 2.12. The minimum atomic E-state index is -0.716. The first-order chi connectivity index (χ1) is 15.2. The Kier molecular flexibility index (Phi) is 7.84. The molecule has 0 bridgehead atoms. The second-order valence-corrected chi connectivity index (χ2v) is 6.72. The summed E-state index contributed by atoms with van der Waals surface area (Å²) in [5.74, 6) is 1.02. The van der Waals surface area contributed by atoms with Crippen molar-refractivity contribution in [3.63, 3.8) is 0 Å². The highest BCUT2D eigenvalue weighted by atomic mass is 16.5. The van der Waals surface area contributed by atoms with Crippen molar-refractivity contribution in [2.75, 3.05) is 6.61 Å². The fourth-order valence-electron chi connectivity index (χ4n) is 2.69. The molecule has 0 N–H and O–H groups in total. The predicted octanol–water partition coefficient (Wildman–Crippen LogP) is 5.57. The molecule has 0 aliphatic carbocycles. The molecule has 0 aliphatic rings. The van der Waals surface area contributed by atoms with E-state index in [0.29, 0.717) is 30.3 Å². The number of benzene rings is 3. The maximum atomic E-state index is 12.4. The van der Waals surface area contributed by atoms with E-state index in [1.807, 2.05) is 43.3 Å². The lowest BCUT2D eigenvalue weighted by atomic mass is 10.1. The van der Waals surface area contributed by atoms with Crippen molar-refractivity contribution in [2.24, 2.45) is 0 Å². The molecule has 0 radical (unpaired) electrons. The molecule has 0 spiro atoms. The zero-order valence-corrected chi connectivity index (χ0v) is 17.3. The standard InChI is InChI=1S/C26H23NO4/c1-2-16-29-23-10-8-20(9-11-23)17-22(18-27)26(28)31-25-14-12-24(13-15-25)30-19-21-6-4-3-5-7-21/h3-15,17H,2,16,19H2,1H3/b22-17+. The lowest BCUT2D eigenvalue weighted by Crippen LogP contribution is -2.10. The van der Waals surface area contributed by atoms with Gasteiger partial charge in [-0.05, 0) is 60.0 Å². The third kappa shape index (κ3) is 6.76. The minimum Gasteiger partial charge on any atom is -0.494 e. The maximum absolute atomic E-state index is 12.4. The normalized spacial score (nSPS) is 10.8. The first-order valence-corrected chi connectivity index (χ1v) is 10.0. The van der Waals surface area contributed by atoms with Crippen molar-refractivity contribution < 1.29 is 19.0 Å². The van der Waals surface area contributed by atoms with Gasteiger partial charge in [-0.25, -0.2) is 4.79 Å². The van der Waals surface area contributed by atoms with Gasteiger partial charge in [-0.15, -0.1) is 0 Å². The molecule has 5 nitrogen and oxygen atoms in total. The Balaban J connectivity index is 1.58. The highest BCUT2D eigenvalue weighted by molar-refractivity contribution is 5.99. The van der Waals surface area contributed by atoms with Crippen LogP contribution in [0.25, 0.3) is 6.08 Å². The molecule has 0 aliphatic heterocycles. The summed E-state index contributed by atoms with van der Waals surface area (Å²) in [4.78, 5) is 12.4. The Morgan fingerprint density at radius 3 is 2.13 bits per heavy atom. The topological polar surface area (TPSA) is 68.5 Å². The second-order valence-electron chi connectivity index (χ2n) is 6.72. The van der Waals surface area contributed by atoms with Gasteiger partial charge in [0.2, 0.25) is 0 Å². The van der Waals surface area contributed by atoms with Crippen LogP contribution in [0.1, 0.15) is 24.5 Å². The van der Waals surface area contributed by atoms with Crippen LogP contribution in [0, 0.1) is 11.3 Å². The quantitative estimate of drug-likeness (QED) is 0.199. The van der Waals surface area contributed by atoms with Crippen molar-refractivity contribution in [3.8, 4) is 23.3 Å². The van der Waals surface area contributed by atoms with Crippen LogP contribution in [-0.2, 0) is 11.4 Å². The molecule has 0 heterocycles. The van der Waals surface area contributed by atoms with E-state index >= 15 is 0 Å². The van der Waals surface area contributed by atoms with Crippen LogP contribution in [-0.4, -0.2) is 12.6 Å². The summed E-state index contributed by atoms with van der Waals surface area (Å²) in [6.07, 6.45) is 2.41. The molecule has 0 atom stereocenters. The van der Waals surface area contributed by atoms with Gasteiger partial charge in [-0.2, -0.15) is 5.26 Å². The molecule has 0 unspecified atom stereocenters. The van der Waals surface area contributed by atoms with E-state index < -0.39 is 5.97 Å². The SMILES string of the molecule is CCCOc1ccc(/C=C(\C#N)C(=O)Oc2ccc(OCc3ccccc3)cc2)cc1. The molecule has 3 aromatic carbocycles. The molecule has 156 valence electrons. The largest absolute Gasteiger partial charge is 0.494 e. The van der Waals surface area contributed by atoms with E-state index in [9.17, 15) is 10.1 Å². The Hall–Kier alpha value is -4.04. The van der Waals surface area contributed by atoms with Gasteiger partial charge in [0, 0.05) is 0 Å². The third-order valence-electron chi connectivity index (χ3n) is 4.29. The van der Waals surface area contributed by atoms with Crippen molar-refractivity contribution in [3.05, 3.63) is 95.6 Å². The monoisotopic (exact) mass is 413 g/mol. The summed E-state index contributed by atoms with van der Waals surface area (Å²) < 4.78 is 16.6. The van der Waals surface area contributed by atoms with E-state index in [1.165, 1.54) is 6.08 Å². The number of hydrogen-bond acceptors (Lipinski definition) is 5. The molecule has 3 rings (SSSR count). The van der Waals surface area contributed by atoms with Crippen LogP contribution in [0.15, 0.2) is 84.4 Å². The number of rotatable bonds is 9. The van der Waals surface area contributed by atoms with Gasteiger partial charge < -0.3 is 14.2 Å². The number of nitrogens with zero attached hydrogens (tertiary/aromatic N) is 1. The number of nitriles is 1. The van der Waals surface area contributed by atoms with E-state index in [-0.39, 0.29) is 5.57 Å². The van der Waals surface area contributed by atoms with E-state index in [2.05, 4.69) is 0 Å². The molecule has 0 saturated carbocycles. The zero-order chi connectivity index (χ0) is 21.9. The molecular weight excluding hydrogens is 390 g/mol. The summed E-state index contributed by atoms with van der Waals surface area (Å²) in [6.45, 7) is 3.12. The third-order valence-corrected chi connectivity index (χ3v) is 4.29. The van der Waals surface area contributed by atoms with Crippen molar-refractivity contribution in [2.45, 2.75) is 20.0 Å². The lowest BCUT2D eigenvalue weighted by Gasteiger charge is -2.08. The number of esters is 1. The van der Waals surface area contributed by atoms with E-state index in [0.717, 1.165) is 17.7 Å². The number of carbonyl (C=O) groups is 1. The van der Waals surface area contributed by atoms with Crippen LogP contribution in [0.2, 0.25) is 0 Å². The summed E-state index contributed by atoms with van der Waals surface area (Å²) >= 11 is 0. The van der Waals surface area contributed by atoms with Crippen LogP contribution >= 0.6 is 0 Å². The van der Waals surface area contributed by atoms with Crippen LogP contribution in [0.5, 0.6) is 17.2 Å². The molecule has 0 amide bonds. The first kappa shape index (κ1) is 21.7. The van der Waals surface area contributed by atoms with Gasteiger partial charge in [0.1, 0.15) is 35.5 Å². The summed E-state index contributed by atoms with van der Waals surface area (Å²) in [6, 6.07) is 25.6. The Labute approximate surface area is 182 Å². The van der Waals surface area contributed by atoms with Crippen molar-refractivity contribution in [1.29, 1.82) is 5.26 Å². The van der Waals surface area contributed by atoms with Gasteiger partial charge in [-0.1, -0.05) is 49.4 Å². The Bertz CT molecular complexity index is 1050. The summed E-state index contributed by atoms with van der Waals surface area (Å²) in [7, 11) is 0. The van der Waals surface area contributed by atoms with Crippen LogP contribution in [0.4, 0.5) is 0 Å². The molecule has 0 aromatic heterocycles. The molecule has 0 fully saturated rings. The number of ether oxygens (including phenoxy) is 3. The fourth-order valence-corrected chi connectivity index (χ4v) is 2.69. The predicted molar refractivity (Wildman–Crippen MR) is 119 cm³/mol. The number of carbonyl (C=O) groups excluding carboxylic acids is 1. The van der Waals surface area contributed by atoms with Gasteiger partial charge in [0.05, 0.1) is 6.61 Å². The number of hydrogen-bond donors (Lipinski definition) is 0. The van der Waals surface area contributed by atoms with Gasteiger partial charge in [-0.3, -0.25) is 0 Å². The van der Waals surface area contributed by atoms with E-state index in [1.54, 1.807) is 48.5 Å². The maximum Gasteiger partial charge on any atom is 0.354 e. The van der Waals surface area contributed by atoms with E-state index in [4.69, 9.17) is 14.2 Å². The van der Waals surface area contributed by atoms with Gasteiger partial charge in [0.15, 0.2) is 0 Å². The van der Waals surface area contributed by atoms with Crippen molar-refractivity contribution in [1.82, 2.24) is 0 Å². The Morgan fingerprint density at radius 1 is 0.871 bits per heavy atom. The summed E-state index contributed by atoms with van der Waals surface area (Å²) in [5, 5.41) is 9.37. The van der Waals surface area contributed by atoms with Crippen LogP contribution < -0.4 is 14.2 Å². The summed E-state index contributed by atoms with van der Waals surface area (Å²) in [5.41, 5.74) is 1.68. The first-order valence-electron chi connectivity index (χ1n) is 10.0. The Morgan fingerprint density at radius 2 is 1.48 bits per heavy atom. The highest BCUT2D eigenvalue weighted by Crippen LogP contribution is 2.20. The molecule has 0 saturated heterocycles.